The van der Waals surface area contributed by atoms with Crippen LogP contribution in [-0.4, -0.2) is 9.99 Å². The molecule has 3 rings (SSSR count). The zero-order valence-corrected chi connectivity index (χ0v) is 13.9. The lowest BCUT2D eigenvalue weighted by Crippen LogP contribution is -2.28. The molecule has 2 aromatic rings. The Morgan fingerprint density at radius 3 is 2.28 bits per heavy atom. The second-order valence-electron chi connectivity index (χ2n) is 5.68. The summed E-state index contributed by atoms with van der Waals surface area (Å²) in [5.41, 5.74) is 3.53. The molecule has 0 atom stereocenters. The molecule has 126 valence electrons. The van der Waals surface area contributed by atoms with Gasteiger partial charge in [-0.2, -0.15) is 0 Å². The second kappa shape index (κ2) is 7.15. The van der Waals surface area contributed by atoms with Crippen LogP contribution in [0.4, 0.5) is 0 Å². The van der Waals surface area contributed by atoms with E-state index in [-0.39, 0.29) is 18.0 Å². The number of allylic oxidation sites excluding steroid dienone is 2. The Balaban J connectivity index is 1.98. The maximum Gasteiger partial charge on any atom is 0.295 e. The largest absolute Gasteiger partial charge is 0.295 e. The van der Waals surface area contributed by atoms with Gasteiger partial charge in [0, 0.05) is 11.6 Å². The molecule has 0 fully saturated rings. The van der Waals surface area contributed by atoms with E-state index < -0.39 is 4.92 Å². The van der Waals surface area contributed by atoms with Crippen molar-refractivity contribution in [2.45, 2.75) is 13.5 Å². The van der Waals surface area contributed by atoms with Crippen molar-refractivity contribution in [1.82, 2.24) is 5.06 Å². The molecule has 0 saturated heterocycles. The number of hydrogen-bond acceptors (Lipinski definition) is 4. The van der Waals surface area contributed by atoms with Crippen LogP contribution in [0.15, 0.2) is 90.3 Å². The molecule has 1 aliphatic rings. The van der Waals surface area contributed by atoms with E-state index in [9.17, 15) is 10.1 Å². The van der Waals surface area contributed by atoms with Crippen LogP contribution >= 0.6 is 0 Å². The summed E-state index contributed by atoms with van der Waals surface area (Å²) in [7, 11) is 0. The average Bonchev–Trinajstić information content (AvgIpc) is 2.63. The van der Waals surface area contributed by atoms with Gasteiger partial charge in [-0.05, 0) is 18.1 Å². The maximum atomic E-state index is 11.3. The first kappa shape index (κ1) is 16.7. The van der Waals surface area contributed by atoms with E-state index in [1.807, 2.05) is 67.6 Å². The first-order valence-corrected chi connectivity index (χ1v) is 7.86. The van der Waals surface area contributed by atoms with Gasteiger partial charge in [0.2, 0.25) is 0 Å². The highest BCUT2D eigenvalue weighted by molar-refractivity contribution is 5.72. The predicted octanol–water partition coefficient (Wildman–Crippen LogP) is 4.54. The summed E-state index contributed by atoms with van der Waals surface area (Å²) in [5, 5.41) is 12.8. The van der Waals surface area contributed by atoms with E-state index in [4.69, 9.17) is 4.84 Å². The minimum absolute atomic E-state index is 0.0646. The Bertz CT molecular complexity index is 855. The van der Waals surface area contributed by atoms with Crippen LogP contribution in [-0.2, 0) is 11.4 Å². The fourth-order valence-corrected chi connectivity index (χ4v) is 2.71. The molecule has 0 amide bonds. The number of nitrogens with zero attached hydrogens (tertiary/aromatic N) is 2. The Morgan fingerprint density at radius 1 is 1.08 bits per heavy atom. The lowest BCUT2D eigenvalue weighted by atomic mass is 10.0. The molecule has 1 aliphatic heterocycles. The monoisotopic (exact) mass is 334 g/mol. The van der Waals surface area contributed by atoms with Crippen molar-refractivity contribution in [2.24, 2.45) is 0 Å². The quantitative estimate of drug-likeness (QED) is 0.595. The van der Waals surface area contributed by atoms with E-state index in [1.54, 1.807) is 0 Å². The molecule has 0 saturated carbocycles. The van der Waals surface area contributed by atoms with Crippen molar-refractivity contribution in [1.29, 1.82) is 0 Å². The first-order chi connectivity index (χ1) is 12.1. The Kier molecular flexibility index (Phi) is 4.77. The van der Waals surface area contributed by atoms with Gasteiger partial charge in [-0.25, -0.2) is 5.06 Å². The molecule has 0 radical (unpaired) electrons. The lowest BCUT2D eigenvalue weighted by Gasteiger charge is -2.30. The van der Waals surface area contributed by atoms with Gasteiger partial charge in [0.15, 0.2) is 0 Å². The molecule has 0 unspecified atom stereocenters. The molecular weight excluding hydrogens is 316 g/mol. The van der Waals surface area contributed by atoms with Crippen molar-refractivity contribution >= 4 is 5.70 Å². The molecule has 0 aliphatic carbocycles. The normalized spacial score (nSPS) is 14.5. The Hall–Kier alpha value is -3.18. The molecule has 0 bridgehead atoms. The van der Waals surface area contributed by atoms with Gasteiger partial charge >= 0.3 is 0 Å². The van der Waals surface area contributed by atoms with Gasteiger partial charge < -0.3 is 0 Å². The molecule has 2 aromatic carbocycles. The van der Waals surface area contributed by atoms with E-state index in [0.29, 0.717) is 0 Å². The number of hydrogen-bond donors (Lipinski definition) is 0. The number of rotatable bonds is 5. The van der Waals surface area contributed by atoms with Crippen molar-refractivity contribution in [3.63, 3.8) is 0 Å². The third-order valence-electron chi connectivity index (χ3n) is 3.92. The minimum Gasteiger partial charge on any atom is -0.264 e. The number of nitro groups is 1. The van der Waals surface area contributed by atoms with Crippen molar-refractivity contribution < 1.29 is 9.76 Å². The Labute approximate surface area is 146 Å². The molecule has 5 heteroatoms. The van der Waals surface area contributed by atoms with Crippen LogP contribution in [0.3, 0.4) is 0 Å². The van der Waals surface area contributed by atoms with Gasteiger partial charge in [-0.3, -0.25) is 15.0 Å². The molecule has 25 heavy (non-hydrogen) atoms. The average molecular weight is 334 g/mol. The van der Waals surface area contributed by atoms with Crippen LogP contribution in [0, 0.1) is 10.1 Å². The fraction of sp³-hybridized carbons (Fsp3) is 0.100. The molecule has 0 spiro atoms. The molecular formula is C20H18N2O3. The van der Waals surface area contributed by atoms with Crippen molar-refractivity contribution in [2.75, 3.05) is 0 Å². The van der Waals surface area contributed by atoms with Crippen molar-refractivity contribution in [3.05, 3.63) is 112 Å². The van der Waals surface area contributed by atoms with Gasteiger partial charge in [0.25, 0.3) is 5.70 Å². The minimum atomic E-state index is -0.438. The SMILES string of the molecule is C=C1C([N+](=O)[O-])=CC(C)=C(c2ccccc2)N1OCc1ccccc1. The van der Waals surface area contributed by atoms with Crippen LogP contribution in [0.5, 0.6) is 0 Å². The topological polar surface area (TPSA) is 55.6 Å². The lowest BCUT2D eigenvalue weighted by molar-refractivity contribution is -0.424. The summed E-state index contributed by atoms with van der Waals surface area (Å²) in [6.45, 7) is 5.99. The van der Waals surface area contributed by atoms with Crippen LogP contribution in [0.2, 0.25) is 0 Å². The van der Waals surface area contributed by atoms with Gasteiger partial charge in [-0.1, -0.05) is 67.2 Å². The third-order valence-corrected chi connectivity index (χ3v) is 3.92. The van der Waals surface area contributed by atoms with Crippen LogP contribution in [0.1, 0.15) is 18.1 Å². The highest BCUT2D eigenvalue weighted by Gasteiger charge is 2.31. The van der Waals surface area contributed by atoms with Gasteiger partial charge in [0.05, 0.1) is 10.6 Å². The number of benzene rings is 2. The zero-order valence-electron chi connectivity index (χ0n) is 13.9. The summed E-state index contributed by atoms with van der Waals surface area (Å²) < 4.78 is 0. The standard InChI is InChI=1S/C20H18N2O3/c1-15-13-19(22(23)24)16(2)21(20(15)18-11-7-4-8-12-18)25-14-17-9-5-3-6-10-17/h3-13H,2,14H2,1H3. The zero-order chi connectivity index (χ0) is 17.8. The molecule has 0 aromatic heterocycles. The summed E-state index contributed by atoms with van der Waals surface area (Å²) in [6.07, 6.45) is 1.53. The highest BCUT2D eigenvalue weighted by Crippen LogP contribution is 2.35. The third kappa shape index (κ3) is 3.51. The second-order valence-corrected chi connectivity index (χ2v) is 5.68. The van der Waals surface area contributed by atoms with Crippen LogP contribution in [0.25, 0.3) is 5.70 Å². The maximum absolute atomic E-state index is 11.3. The summed E-state index contributed by atoms with van der Waals surface area (Å²) in [4.78, 5) is 16.8. The molecule has 5 nitrogen and oxygen atoms in total. The molecule has 0 N–H and O–H groups in total. The van der Waals surface area contributed by atoms with E-state index in [1.165, 1.54) is 11.1 Å². The van der Waals surface area contributed by atoms with E-state index in [2.05, 4.69) is 6.58 Å². The van der Waals surface area contributed by atoms with Crippen molar-refractivity contribution in [3.8, 4) is 0 Å². The Morgan fingerprint density at radius 2 is 1.68 bits per heavy atom. The van der Waals surface area contributed by atoms with Gasteiger partial charge in [-0.15, -0.1) is 0 Å². The number of hydroxylamine groups is 2. The van der Waals surface area contributed by atoms with Gasteiger partial charge in [0.1, 0.15) is 12.3 Å². The van der Waals surface area contributed by atoms with Crippen LogP contribution < -0.4 is 0 Å². The fourth-order valence-electron chi connectivity index (χ4n) is 2.71. The summed E-state index contributed by atoms with van der Waals surface area (Å²) in [6, 6.07) is 19.3. The predicted molar refractivity (Wildman–Crippen MR) is 96.3 cm³/mol. The van der Waals surface area contributed by atoms with E-state index in [0.717, 1.165) is 22.4 Å². The summed E-state index contributed by atoms with van der Waals surface area (Å²) >= 11 is 0. The highest BCUT2D eigenvalue weighted by atomic mass is 16.7. The van der Waals surface area contributed by atoms with E-state index >= 15 is 0 Å². The summed E-state index contributed by atoms with van der Waals surface area (Å²) in [5.74, 6) is 0. The first-order valence-electron chi connectivity index (χ1n) is 7.86. The molecule has 1 heterocycles. The smallest absolute Gasteiger partial charge is 0.264 e.